The number of pyridine rings is 1. The minimum Gasteiger partial charge on any atom is -0.469 e. The van der Waals surface area contributed by atoms with Crippen molar-refractivity contribution in [3.63, 3.8) is 0 Å². The van der Waals surface area contributed by atoms with Gasteiger partial charge in [-0.05, 0) is 49.4 Å². The van der Waals surface area contributed by atoms with E-state index in [0.717, 1.165) is 16.7 Å². The van der Waals surface area contributed by atoms with E-state index in [0.29, 0.717) is 12.0 Å². The Hall–Kier alpha value is -3.80. The van der Waals surface area contributed by atoms with Crippen molar-refractivity contribution in [2.24, 2.45) is 11.8 Å². The molecule has 1 amide bonds. The maximum atomic E-state index is 13.4. The van der Waals surface area contributed by atoms with Crippen molar-refractivity contribution in [1.29, 1.82) is 0 Å². The molecule has 2 aromatic carbocycles. The molecule has 36 heavy (non-hydrogen) atoms. The fourth-order valence-corrected chi connectivity index (χ4v) is 4.32. The highest BCUT2D eigenvalue weighted by molar-refractivity contribution is 5.99. The Balaban J connectivity index is 1.74. The van der Waals surface area contributed by atoms with Crippen LogP contribution in [0.15, 0.2) is 79.1 Å². The number of ketones is 1. The Morgan fingerprint density at radius 2 is 1.61 bits per heavy atom. The zero-order valence-electron chi connectivity index (χ0n) is 21.4. The first-order valence-electron chi connectivity index (χ1n) is 12.2. The summed E-state index contributed by atoms with van der Waals surface area (Å²) in [5, 5.41) is 3.08. The molecule has 1 aromatic heterocycles. The van der Waals surface area contributed by atoms with E-state index in [-0.39, 0.29) is 24.5 Å². The van der Waals surface area contributed by atoms with Gasteiger partial charge in [-0.25, -0.2) is 0 Å². The third-order valence-corrected chi connectivity index (χ3v) is 6.19. The number of hydrogen-bond donors (Lipinski definition) is 1. The maximum Gasteiger partial charge on any atom is 0.308 e. The fraction of sp³-hybridized carbons (Fsp3) is 0.333. The number of methoxy groups -OCH3 is 1. The number of carbonyl (C=O) groups excluding carboxylic acids is 3. The van der Waals surface area contributed by atoms with E-state index in [1.807, 2.05) is 68.4 Å². The number of esters is 1. The third kappa shape index (κ3) is 7.60. The van der Waals surface area contributed by atoms with Crippen LogP contribution in [0, 0.1) is 11.8 Å². The molecular formula is C30H34N2O4. The maximum absolute atomic E-state index is 13.4. The van der Waals surface area contributed by atoms with Gasteiger partial charge in [0.15, 0.2) is 5.78 Å². The van der Waals surface area contributed by atoms with Crippen LogP contribution in [0.4, 0.5) is 0 Å². The normalized spacial score (nSPS) is 12.9. The molecule has 0 bridgehead atoms. The first-order chi connectivity index (χ1) is 17.2. The Morgan fingerprint density at radius 3 is 2.22 bits per heavy atom. The number of carbonyl (C=O) groups is 3. The van der Waals surface area contributed by atoms with Crippen molar-refractivity contribution >= 4 is 17.7 Å². The van der Waals surface area contributed by atoms with Crippen molar-refractivity contribution in [3.8, 4) is 11.1 Å². The van der Waals surface area contributed by atoms with Gasteiger partial charge in [0.25, 0.3) is 0 Å². The van der Waals surface area contributed by atoms with Crippen molar-refractivity contribution in [1.82, 2.24) is 10.3 Å². The molecular weight excluding hydrogens is 452 g/mol. The van der Waals surface area contributed by atoms with Crippen LogP contribution in [0.3, 0.4) is 0 Å². The standard InChI is InChI=1S/C30H34N2O4/c1-21(29(35)36-4)17-26(28(34)32-30(2,3)19-22-9-8-16-31-20-22)18-27(33)25-14-12-24(13-15-25)23-10-6-5-7-11-23/h5-16,20-21,26H,17-19H2,1-4H3,(H,32,34)/t21-,26+/m0/s1. The van der Waals surface area contributed by atoms with Gasteiger partial charge in [0.05, 0.1) is 13.0 Å². The third-order valence-electron chi connectivity index (χ3n) is 6.19. The van der Waals surface area contributed by atoms with Gasteiger partial charge in [-0.2, -0.15) is 0 Å². The molecule has 0 spiro atoms. The van der Waals surface area contributed by atoms with Crippen LogP contribution in [0.5, 0.6) is 0 Å². The van der Waals surface area contributed by atoms with E-state index >= 15 is 0 Å². The number of Topliss-reactive ketones (excluding diaryl/α,β-unsaturated/α-hetero) is 1. The predicted octanol–water partition coefficient (Wildman–Crippen LogP) is 5.27. The zero-order chi connectivity index (χ0) is 26.1. The molecule has 1 N–H and O–H groups in total. The molecule has 0 radical (unpaired) electrons. The minimum absolute atomic E-state index is 0.000817. The van der Waals surface area contributed by atoms with Crippen molar-refractivity contribution < 1.29 is 19.1 Å². The quantitative estimate of drug-likeness (QED) is 0.295. The number of hydrogen-bond acceptors (Lipinski definition) is 5. The number of nitrogens with one attached hydrogen (secondary N) is 1. The smallest absolute Gasteiger partial charge is 0.308 e. The van der Waals surface area contributed by atoms with E-state index in [1.54, 1.807) is 31.5 Å². The Kier molecular flexibility index (Phi) is 9.12. The van der Waals surface area contributed by atoms with Crippen LogP contribution in [-0.2, 0) is 20.7 Å². The van der Waals surface area contributed by atoms with Gasteiger partial charge < -0.3 is 10.1 Å². The molecule has 3 aromatic rings. The molecule has 0 saturated carbocycles. The lowest BCUT2D eigenvalue weighted by Gasteiger charge is -2.29. The van der Waals surface area contributed by atoms with Gasteiger partial charge in [-0.3, -0.25) is 19.4 Å². The number of nitrogens with zero attached hydrogens (tertiary/aromatic N) is 1. The second kappa shape index (κ2) is 12.2. The summed E-state index contributed by atoms with van der Waals surface area (Å²) < 4.78 is 4.85. The van der Waals surface area contributed by atoms with E-state index in [4.69, 9.17) is 4.74 Å². The molecule has 6 nitrogen and oxygen atoms in total. The van der Waals surface area contributed by atoms with Crippen molar-refractivity contribution in [2.45, 2.75) is 45.6 Å². The van der Waals surface area contributed by atoms with Crippen LogP contribution in [0.2, 0.25) is 0 Å². The Labute approximate surface area is 213 Å². The molecule has 0 aliphatic rings. The van der Waals surface area contributed by atoms with E-state index in [1.165, 1.54) is 7.11 Å². The minimum atomic E-state index is -0.673. The van der Waals surface area contributed by atoms with Gasteiger partial charge in [-0.15, -0.1) is 0 Å². The summed E-state index contributed by atoms with van der Waals surface area (Å²) in [7, 11) is 1.32. The van der Waals surface area contributed by atoms with Crippen molar-refractivity contribution in [2.75, 3.05) is 7.11 Å². The first kappa shape index (κ1) is 26.8. The molecule has 0 saturated heterocycles. The fourth-order valence-electron chi connectivity index (χ4n) is 4.32. The molecule has 0 aliphatic carbocycles. The summed E-state index contributed by atoms with van der Waals surface area (Å²) in [6.07, 6.45) is 4.28. The Bertz CT molecular complexity index is 1160. The lowest BCUT2D eigenvalue weighted by Crippen LogP contribution is -2.48. The van der Waals surface area contributed by atoms with Crippen LogP contribution < -0.4 is 5.32 Å². The largest absolute Gasteiger partial charge is 0.469 e. The summed E-state index contributed by atoms with van der Waals surface area (Å²) in [6.45, 7) is 5.58. The summed E-state index contributed by atoms with van der Waals surface area (Å²) in [4.78, 5) is 42.8. The van der Waals surface area contributed by atoms with Crippen LogP contribution in [0.25, 0.3) is 11.1 Å². The summed E-state index contributed by atoms with van der Waals surface area (Å²) in [5.41, 5.74) is 3.05. The molecule has 0 fully saturated rings. The summed E-state index contributed by atoms with van der Waals surface area (Å²) in [5.74, 6) is -1.98. The molecule has 0 unspecified atom stereocenters. The lowest BCUT2D eigenvalue weighted by atomic mass is 9.87. The molecule has 0 aliphatic heterocycles. The van der Waals surface area contributed by atoms with Gasteiger partial charge in [0.1, 0.15) is 0 Å². The second-order valence-corrected chi connectivity index (χ2v) is 9.84. The highest BCUT2D eigenvalue weighted by atomic mass is 16.5. The Morgan fingerprint density at radius 1 is 0.944 bits per heavy atom. The molecule has 2 atom stereocenters. The van der Waals surface area contributed by atoms with E-state index in [9.17, 15) is 14.4 Å². The topological polar surface area (TPSA) is 85.4 Å². The van der Waals surface area contributed by atoms with Gasteiger partial charge in [0.2, 0.25) is 5.91 Å². The van der Waals surface area contributed by atoms with Crippen LogP contribution in [-0.4, -0.2) is 35.3 Å². The van der Waals surface area contributed by atoms with E-state index in [2.05, 4.69) is 10.3 Å². The molecule has 188 valence electrons. The van der Waals surface area contributed by atoms with Crippen LogP contribution >= 0.6 is 0 Å². The predicted molar refractivity (Wildman–Crippen MR) is 140 cm³/mol. The number of amides is 1. The van der Waals surface area contributed by atoms with E-state index < -0.39 is 23.3 Å². The number of aromatic nitrogens is 1. The summed E-state index contributed by atoms with van der Waals surface area (Å²) in [6, 6.07) is 21.1. The highest BCUT2D eigenvalue weighted by Crippen LogP contribution is 2.24. The van der Waals surface area contributed by atoms with Crippen LogP contribution in [0.1, 0.15) is 49.5 Å². The summed E-state index contributed by atoms with van der Waals surface area (Å²) >= 11 is 0. The monoisotopic (exact) mass is 486 g/mol. The number of benzene rings is 2. The molecule has 1 heterocycles. The molecule has 3 rings (SSSR count). The average molecular weight is 487 g/mol. The number of ether oxygens (including phenoxy) is 1. The average Bonchev–Trinajstić information content (AvgIpc) is 2.88. The second-order valence-electron chi connectivity index (χ2n) is 9.84. The zero-order valence-corrected chi connectivity index (χ0v) is 21.4. The first-order valence-corrected chi connectivity index (χ1v) is 12.2. The highest BCUT2D eigenvalue weighted by Gasteiger charge is 2.31. The van der Waals surface area contributed by atoms with Gasteiger partial charge in [-0.1, -0.05) is 67.6 Å². The van der Waals surface area contributed by atoms with Crippen molar-refractivity contribution in [3.05, 3.63) is 90.3 Å². The van der Waals surface area contributed by atoms with Gasteiger partial charge >= 0.3 is 5.97 Å². The number of rotatable bonds is 11. The molecule has 6 heteroatoms. The van der Waals surface area contributed by atoms with Gasteiger partial charge in [0, 0.05) is 35.8 Å². The lowest BCUT2D eigenvalue weighted by molar-refractivity contribution is -0.145. The SMILES string of the molecule is COC(=O)[C@@H](C)C[C@H](CC(=O)c1ccc(-c2ccccc2)cc1)C(=O)NC(C)(C)Cc1cccnc1.